The Balaban J connectivity index is 2.16. The van der Waals surface area contributed by atoms with Crippen molar-refractivity contribution < 1.29 is 0 Å². The SMILES string of the molecule is C=C/C=C\C(=C/C)c1ccc(C(/C=C(C)/C=C\Cc2ccc(N)cc2)=C/C=C)cc1. The topological polar surface area (TPSA) is 26.0 Å². The van der Waals surface area contributed by atoms with Gasteiger partial charge in [-0.25, -0.2) is 0 Å². The highest BCUT2D eigenvalue weighted by Gasteiger charge is 2.01. The molecule has 152 valence electrons. The molecule has 2 rings (SSSR count). The fourth-order valence-electron chi connectivity index (χ4n) is 3.07. The molecular weight excluding hydrogens is 362 g/mol. The zero-order valence-corrected chi connectivity index (χ0v) is 18.0. The molecule has 30 heavy (non-hydrogen) atoms. The highest BCUT2D eigenvalue weighted by Crippen LogP contribution is 2.23. The minimum absolute atomic E-state index is 0.794. The number of nitrogens with two attached hydrogens (primary N) is 1. The summed E-state index contributed by atoms with van der Waals surface area (Å²) in [5.74, 6) is 0. The first-order valence-corrected chi connectivity index (χ1v) is 10.2. The first-order chi connectivity index (χ1) is 14.6. The van der Waals surface area contributed by atoms with E-state index >= 15 is 0 Å². The Labute approximate surface area is 181 Å². The Morgan fingerprint density at radius 1 is 0.867 bits per heavy atom. The summed E-state index contributed by atoms with van der Waals surface area (Å²) in [5.41, 5.74) is 13.6. The van der Waals surface area contributed by atoms with Gasteiger partial charge < -0.3 is 5.73 Å². The molecule has 1 heteroatoms. The second-order valence-corrected chi connectivity index (χ2v) is 7.01. The fraction of sp³-hybridized carbons (Fsp3) is 0.103. The molecule has 0 saturated heterocycles. The van der Waals surface area contributed by atoms with Crippen LogP contribution in [0, 0.1) is 0 Å². The molecule has 0 bridgehead atoms. The van der Waals surface area contributed by atoms with Crippen molar-refractivity contribution in [2.45, 2.75) is 20.3 Å². The summed E-state index contributed by atoms with van der Waals surface area (Å²) < 4.78 is 0. The Bertz CT molecular complexity index is 991. The predicted octanol–water partition coefficient (Wildman–Crippen LogP) is 7.73. The van der Waals surface area contributed by atoms with Crippen LogP contribution in [0.5, 0.6) is 0 Å². The first kappa shape index (κ1) is 22.7. The smallest absolute Gasteiger partial charge is 0.0314 e. The number of hydrogen-bond acceptors (Lipinski definition) is 1. The molecule has 0 amide bonds. The van der Waals surface area contributed by atoms with Crippen LogP contribution < -0.4 is 5.73 Å². The number of allylic oxidation sites excluding steroid dienone is 12. The lowest BCUT2D eigenvalue weighted by Gasteiger charge is -2.07. The van der Waals surface area contributed by atoms with E-state index < -0.39 is 0 Å². The van der Waals surface area contributed by atoms with Crippen LogP contribution in [0.2, 0.25) is 0 Å². The zero-order valence-electron chi connectivity index (χ0n) is 18.0. The predicted molar refractivity (Wildman–Crippen MR) is 135 cm³/mol. The van der Waals surface area contributed by atoms with Crippen molar-refractivity contribution in [3.8, 4) is 0 Å². The summed E-state index contributed by atoms with van der Waals surface area (Å²) in [6.45, 7) is 11.8. The molecule has 0 aliphatic heterocycles. The van der Waals surface area contributed by atoms with Gasteiger partial charge in [-0.05, 0) is 60.2 Å². The average Bonchev–Trinajstić information content (AvgIpc) is 2.76. The van der Waals surface area contributed by atoms with Crippen molar-refractivity contribution in [1.29, 1.82) is 0 Å². The van der Waals surface area contributed by atoms with Crippen molar-refractivity contribution in [1.82, 2.24) is 0 Å². The van der Waals surface area contributed by atoms with Gasteiger partial charge in [-0.3, -0.25) is 0 Å². The maximum Gasteiger partial charge on any atom is 0.0314 e. The third-order valence-corrected chi connectivity index (χ3v) is 4.67. The van der Waals surface area contributed by atoms with E-state index in [0.717, 1.165) is 23.2 Å². The molecule has 2 aromatic rings. The molecule has 0 saturated carbocycles. The van der Waals surface area contributed by atoms with Crippen LogP contribution in [0.15, 0.2) is 122 Å². The molecule has 0 spiro atoms. The van der Waals surface area contributed by atoms with Gasteiger partial charge in [0.1, 0.15) is 0 Å². The second kappa shape index (κ2) is 12.1. The lowest BCUT2D eigenvalue weighted by Crippen LogP contribution is -1.87. The van der Waals surface area contributed by atoms with Crippen molar-refractivity contribution >= 4 is 16.8 Å². The normalized spacial score (nSPS) is 13.2. The van der Waals surface area contributed by atoms with Gasteiger partial charge >= 0.3 is 0 Å². The third kappa shape index (κ3) is 7.10. The molecule has 0 aliphatic rings. The highest BCUT2D eigenvalue weighted by molar-refractivity contribution is 5.79. The molecule has 0 heterocycles. The van der Waals surface area contributed by atoms with E-state index in [1.54, 1.807) is 6.08 Å². The van der Waals surface area contributed by atoms with Crippen molar-refractivity contribution in [2.24, 2.45) is 0 Å². The van der Waals surface area contributed by atoms with E-state index in [4.69, 9.17) is 5.73 Å². The summed E-state index contributed by atoms with van der Waals surface area (Å²) in [6, 6.07) is 16.6. The summed E-state index contributed by atoms with van der Waals surface area (Å²) in [5, 5.41) is 0. The molecule has 2 aromatic carbocycles. The third-order valence-electron chi connectivity index (χ3n) is 4.67. The van der Waals surface area contributed by atoms with Gasteiger partial charge in [0.15, 0.2) is 0 Å². The van der Waals surface area contributed by atoms with Crippen molar-refractivity contribution in [2.75, 3.05) is 5.73 Å². The molecule has 0 fully saturated rings. The van der Waals surface area contributed by atoms with Crippen LogP contribution in [-0.2, 0) is 6.42 Å². The number of nitrogen functional groups attached to an aromatic ring is 1. The van der Waals surface area contributed by atoms with Crippen LogP contribution in [0.4, 0.5) is 5.69 Å². The van der Waals surface area contributed by atoms with Crippen LogP contribution in [-0.4, -0.2) is 0 Å². The van der Waals surface area contributed by atoms with E-state index in [0.29, 0.717) is 0 Å². The molecule has 0 atom stereocenters. The minimum atomic E-state index is 0.794. The monoisotopic (exact) mass is 393 g/mol. The lowest BCUT2D eigenvalue weighted by atomic mass is 9.98. The van der Waals surface area contributed by atoms with Gasteiger partial charge in [0.2, 0.25) is 0 Å². The zero-order chi connectivity index (χ0) is 21.8. The number of rotatable bonds is 9. The van der Waals surface area contributed by atoms with Gasteiger partial charge in [0, 0.05) is 5.69 Å². The summed E-state index contributed by atoms with van der Waals surface area (Å²) in [7, 11) is 0. The standard InChI is InChI=1S/C29H31N/c1-5-8-13-25(7-3)26-16-18-27(19-17-26)28(10-6-2)22-23(4)11-9-12-24-14-20-29(30)21-15-24/h5-11,13-22H,1-2,12,30H2,3-4H3/b11-9-,13-8-,23-22+,25-7+,28-10+. The molecule has 0 unspecified atom stereocenters. The van der Waals surface area contributed by atoms with Gasteiger partial charge in [0.05, 0.1) is 0 Å². The lowest BCUT2D eigenvalue weighted by molar-refractivity contribution is 1.26. The van der Waals surface area contributed by atoms with Crippen molar-refractivity contribution in [3.05, 3.63) is 139 Å². The van der Waals surface area contributed by atoms with E-state index in [1.165, 1.54) is 22.3 Å². The van der Waals surface area contributed by atoms with E-state index in [2.05, 4.69) is 86.9 Å². The Hall–Kier alpha value is -3.58. The van der Waals surface area contributed by atoms with Gasteiger partial charge in [-0.2, -0.15) is 0 Å². The number of benzene rings is 2. The molecule has 2 N–H and O–H groups in total. The van der Waals surface area contributed by atoms with Crippen molar-refractivity contribution in [3.63, 3.8) is 0 Å². The van der Waals surface area contributed by atoms with Crippen LogP contribution in [0.3, 0.4) is 0 Å². The molecular formula is C29H31N. The van der Waals surface area contributed by atoms with E-state index in [9.17, 15) is 0 Å². The quantitative estimate of drug-likeness (QED) is 0.342. The summed E-state index contributed by atoms with van der Waals surface area (Å²) in [6.07, 6.45) is 19.2. The maximum atomic E-state index is 5.75. The second-order valence-electron chi connectivity index (χ2n) is 7.01. The largest absolute Gasteiger partial charge is 0.399 e. The molecule has 0 radical (unpaired) electrons. The molecule has 1 nitrogen and oxygen atoms in total. The van der Waals surface area contributed by atoms with E-state index in [1.807, 2.05) is 37.3 Å². The van der Waals surface area contributed by atoms with Crippen LogP contribution >= 0.6 is 0 Å². The fourth-order valence-corrected chi connectivity index (χ4v) is 3.07. The number of anilines is 1. The highest BCUT2D eigenvalue weighted by atomic mass is 14.5. The number of hydrogen-bond donors (Lipinski definition) is 1. The average molecular weight is 394 g/mol. The van der Waals surface area contributed by atoms with Crippen LogP contribution in [0.1, 0.15) is 30.5 Å². The molecule has 0 aromatic heterocycles. The van der Waals surface area contributed by atoms with Gasteiger partial charge in [-0.15, -0.1) is 0 Å². The van der Waals surface area contributed by atoms with Gasteiger partial charge in [-0.1, -0.05) is 110 Å². The van der Waals surface area contributed by atoms with E-state index in [-0.39, 0.29) is 0 Å². The summed E-state index contributed by atoms with van der Waals surface area (Å²) >= 11 is 0. The Kier molecular flexibility index (Phi) is 9.15. The maximum absolute atomic E-state index is 5.75. The minimum Gasteiger partial charge on any atom is -0.399 e. The first-order valence-electron chi connectivity index (χ1n) is 10.2. The molecule has 0 aliphatic carbocycles. The summed E-state index contributed by atoms with van der Waals surface area (Å²) in [4.78, 5) is 0. The van der Waals surface area contributed by atoms with Crippen LogP contribution in [0.25, 0.3) is 11.1 Å². The Morgan fingerprint density at radius 3 is 2.07 bits per heavy atom. The Morgan fingerprint density at radius 2 is 1.50 bits per heavy atom. The van der Waals surface area contributed by atoms with Gasteiger partial charge in [0.25, 0.3) is 0 Å².